The van der Waals surface area contributed by atoms with Crippen LogP contribution in [-0.2, 0) is 17.6 Å². The molecule has 2 N–H and O–H groups in total. The summed E-state index contributed by atoms with van der Waals surface area (Å²) in [6.45, 7) is 1.50. The molecule has 2 aromatic carbocycles. The first-order chi connectivity index (χ1) is 17.1. The summed E-state index contributed by atoms with van der Waals surface area (Å²) < 4.78 is 7.69. The van der Waals surface area contributed by atoms with E-state index in [4.69, 9.17) is 9.72 Å². The number of hydrogen-bond acceptors (Lipinski definition) is 6. The lowest BCUT2D eigenvalue weighted by Crippen LogP contribution is -2.16. The fourth-order valence-corrected chi connectivity index (χ4v) is 4.49. The molecule has 4 aromatic rings. The fraction of sp³-hybridized carbons (Fsp3) is 0.259. The highest BCUT2D eigenvalue weighted by atomic mass is 16.5. The number of carboxylic acids is 1. The van der Waals surface area contributed by atoms with E-state index in [1.54, 1.807) is 29.1 Å². The molecule has 0 amide bonds. The van der Waals surface area contributed by atoms with Gasteiger partial charge in [-0.05, 0) is 60.9 Å². The standard InChI is InChI=1S/C27H25N5O3/c28-16-18-3-1-4-19(13-18)26(15-27(33)34)32-25-9-7-22(14-20(25)17-30-32)35-12-10-21-6-8-23-24(31-21)5-2-11-29-23/h1,3-4,6-9,13-14,17,26,29H,2,5,10-12,15H2,(H,33,34). The number of aryl methyl sites for hydroxylation is 1. The monoisotopic (exact) mass is 467 g/mol. The largest absolute Gasteiger partial charge is 0.493 e. The van der Waals surface area contributed by atoms with Crippen LogP contribution in [0.15, 0.2) is 60.8 Å². The lowest BCUT2D eigenvalue weighted by Gasteiger charge is -2.18. The van der Waals surface area contributed by atoms with Gasteiger partial charge < -0.3 is 15.2 Å². The molecular formula is C27H25N5O3. The average molecular weight is 468 g/mol. The van der Waals surface area contributed by atoms with Crippen LogP contribution in [0.5, 0.6) is 5.75 Å². The highest BCUT2D eigenvalue weighted by molar-refractivity contribution is 5.81. The molecule has 176 valence electrons. The van der Waals surface area contributed by atoms with Crippen molar-refractivity contribution in [1.82, 2.24) is 14.8 Å². The lowest BCUT2D eigenvalue weighted by atomic mass is 10.0. The smallest absolute Gasteiger partial charge is 0.305 e. The van der Waals surface area contributed by atoms with Gasteiger partial charge in [-0.3, -0.25) is 14.5 Å². The normalized spacial score (nSPS) is 13.5. The summed E-state index contributed by atoms with van der Waals surface area (Å²) in [4.78, 5) is 16.4. The van der Waals surface area contributed by atoms with E-state index in [9.17, 15) is 15.2 Å². The van der Waals surface area contributed by atoms with E-state index in [0.717, 1.165) is 58.7 Å². The molecule has 0 saturated carbocycles. The number of fused-ring (bicyclic) bond motifs is 2. The Balaban J connectivity index is 1.32. The number of nitrogens with one attached hydrogen (secondary N) is 1. The van der Waals surface area contributed by atoms with E-state index in [1.807, 2.05) is 30.3 Å². The van der Waals surface area contributed by atoms with Crippen molar-refractivity contribution < 1.29 is 14.6 Å². The van der Waals surface area contributed by atoms with Crippen molar-refractivity contribution in [3.05, 3.63) is 83.3 Å². The van der Waals surface area contributed by atoms with Gasteiger partial charge in [-0.25, -0.2) is 0 Å². The van der Waals surface area contributed by atoms with Gasteiger partial charge in [0.2, 0.25) is 0 Å². The molecule has 35 heavy (non-hydrogen) atoms. The van der Waals surface area contributed by atoms with Crippen LogP contribution in [0.25, 0.3) is 10.9 Å². The third kappa shape index (κ3) is 4.94. The Morgan fingerprint density at radius 2 is 2.14 bits per heavy atom. The summed E-state index contributed by atoms with van der Waals surface area (Å²) >= 11 is 0. The van der Waals surface area contributed by atoms with Gasteiger partial charge in [-0.2, -0.15) is 10.4 Å². The van der Waals surface area contributed by atoms with Gasteiger partial charge in [0, 0.05) is 24.0 Å². The molecule has 1 atom stereocenters. The zero-order chi connectivity index (χ0) is 24.2. The third-order valence-corrected chi connectivity index (χ3v) is 6.20. The second-order valence-corrected chi connectivity index (χ2v) is 8.59. The average Bonchev–Trinajstić information content (AvgIpc) is 3.30. The van der Waals surface area contributed by atoms with Crippen molar-refractivity contribution in [3.63, 3.8) is 0 Å². The maximum atomic E-state index is 11.6. The summed E-state index contributed by atoms with van der Waals surface area (Å²) in [5, 5.41) is 27.5. The summed E-state index contributed by atoms with van der Waals surface area (Å²) in [6, 6.07) is 18.4. The number of nitriles is 1. The fourth-order valence-electron chi connectivity index (χ4n) is 4.49. The molecular weight excluding hydrogens is 442 g/mol. The number of carbonyl (C=O) groups is 1. The van der Waals surface area contributed by atoms with Crippen molar-refractivity contribution in [1.29, 1.82) is 5.26 Å². The van der Waals surface area contributed by atoms with Gasteiger partial charge in [0.15, 0.2) is 0 Å². The number of hydrogen-bond donors (Lipinski definition) is 2. The van der Waals surface area contributed by atoms with Crippen molar-refractivity contribution >= 4 is 22.6 Å². The molecule has 2 aromatic heterocycles. The maximum absolute atomic E-state index is 11.6. The number of aromatic nitrogens is 3. The second-order valence-electron chi connectivity index (χ2n) is 8.59. The van der Waals surface area contributed by atoms with Crippen LogP contribution >= 0.6 is 0 Å². The molecule has 1 aliphatic rings. The number of aliphatic carboxylic acids is 1. The molecule has 8 nitrogen and oxygen atoms in total. The van der Waals surface area contributed by atoms with E-state index < -0.39 is 12.0 Å². The van der Waals surface area contributed by atoms with Gasteiger partial charge >= 0.3 is 5.97 Å². The van der Waals surface area contributed by atoms with E-state index in [1.165, 1.54) is 0 Å². The van der Waals surface area contributed by atoms with Gasteiger partial charge in [-0.15, -0.1) is 0 Å². The van der Waals surface area contributed by atoms with E-state index in [-0.39, 0.29) is 6.42 Å². The zero-order valence-corrected chi connectivity index (χ0v) is 19.1. The molecule has 0 saturated heterocycles. The summed E-state index contributed by atoms with van der Waals surface area (Å²) in [5.41, 5.74) is 5.27. The molecule has 3 heterocycles. The first kappa shape index (κ1) is 22.4. The van der Waals surface area contributed by atoms with Crippen molar-refractivity contribution in [2.45, 2.75) is 31.7 Å². The van der Waals surface area contributed by atoms with Gasteiger partial charge in [-0.1, -0.05) is 12.1 Å². The predicted molar refractivity (Wildman–Crippen MR) is 132 cm³/mol. The Bertz CT molecular complexity index is 1420. The number of pyridine rings is 1. The Kier molecular flexibility index (Phi) is 6.31. The van der Waals surface area contributed by atoms with Gasteiger partial charge in [0.1, 0.15) is 5.75 Å². The lowest BCUT2D eigenvalue weighted by molar-refractivity contribution is -0.137. The predicted octanol–water partition coefficient (Wildman–Crippen LogP) is 4.35. The summed E-state index contributed by atoms with van der Waals surface area (Å²) in [7, 11) is 0. The molecule has 8 heteroatoms. The van der Waals surface area contributed by atoms with Crippen LogP contribution in [0, 0.1) is 11.3 Å². The number of ether oxygens (including phenoxy) is 1. The molecule has 1 aliphatic heterocycles. The third-order valence-electron chi connectivity index (χ3n) is 6.20. The van der Waals surface area contributed by atoms with Crippen LogP contribution in [0.2, 0.25) is 0 Å². The van der Waals surface area contributed by atoms with Crippen molar-refractivity contribution in [3.8, 4) is 11.8 Å². The molecule has 0 bridgehead atoms. The van der Waals surface area contributed by atoms with Crippen molar-refractivity contribution in [2.24, 2.45) is 0 Å². The minimum atomic E-state index is -0.937. The Morgan fingerprint density at radius 3 is 3.00 bits per heavy atom. The second kappa shape index (κ2) is 9.85. The number of anilines is 1. The number of carboxylic acid groups (broad SMARTS) is 1. The van der Waals surface area contributed by atoms with Crippen LogP contribution in [0.1, 0.15) is 41.4 Å². The van der Waals surface area contributed by atoms with Crippen LogP contribution in [0.4, 0.5) is 5.69 Å². The van der Waals surface area contributed by atoms with E-state index >= 15 is 0 Å². The highest BCUT2D eigenvalue weighted by Gasteiger charge is 2.21. The minimum absolute atomic E-state index is 0.146. The highest BCUT2D eigenvalue weighted by Crippen LogP contribution is 2.29. The quantitative estimate of drug-likeness (QED) is 0.396. The Hall–Kier alpha value is -4.38. The minimum Gasteiger partial charge on any atom is -0.493 e. The maximum Gasteiger partial charge on any atom is 0.305 e. The van der Waals surface area contributed by atoms with Gasteiger partial charge in [0.05, 0.1) is 53.8 Å². The molecule has 0 radical (unpaired) electrons. The SMILES string of the molecule is N#Cc1cccc(C(CC(=O)O)n2ncc3cc(OCCc4ccc5c(n4)CCCN5)ccc32)c1. The number of rotatable bonds is 8. The first-order valence-corrected chi connectivity index (χ1v) is 11.7. The first-order valence-electron chi connectivity index (χ1n) is 11.7. The Morgan fingerprint density at radius 1 is 1.23 bits per heavy atom. The summed E-state index contributed by atoms with van der Waals surface area (Å²) in [6.07, 6.45) is 4.38. The topological polar surface area (TPSA) is 113 Å². The van der Waals surface area contributed by atoms with E-state index in [0.29, 0.717) is 18.6 Å². The van der Waals surface area contributed by atoms with Crippen molar-refractivity contribution in [2.75, 3.05) is 18.5 Å². The van der Waals surface area contributed by atoms with Gasteiger partial charge in [0.25, 0.3) is 0 Å². The molecule has 5 rings (SSSR count). The Labute approximate surface area is 202 Å². The molecule has 1 unspecified atom stereocenters. The van der Waals surface area contributed by atoms with Crippen LogP contribution in [0.3, 0.4) is 0 Å². The molecule has 0 spiro atoms. The van der Waals surface area contributed by atoms with E-state index in [2.05, 4.69) is 22.6 Å². The number of nitrogens with zero attached hydrogens (tertiary/aromatic N) is 4. The zero-order valence-electron chi connectivity index (χ0n) is 19.1. The van der Waals surface area contributed by atoms with Crippen LogP contribution < -0.4 is 10.1 Å². The molecule has 0 fully saturated rings. The van der Waals surface area contributed by atoms with Crippen LogP contribution in [-0.4, -0.2) is 39.0 Å². The number of benzene rings is 2. The summed E-state index contributed by atoms with van der Waals surface area (Å²) in [5.74, 6) is -0.217. The molecule has 0 aliphatic carbocycles.